The van der Waals surface area contributed by atoms with Crippen LogP contribution in [0.1, 0.15) is 17.3 Å². The molecule has 1 heterocycles. The van der Waals surface area contributed by atoms with Gasteiger partial charge < -0.3 is 9.30 Å². The van der Waals surface area contributed by atoms with Crippen LogP contribution in [0.15, 0.2) is 95.3 Å². The van der Waals surface area contributed by atoms with Crippen LogP contribution in [0.3, 0.4) is 0 Å². The maximum atomic E-state index is 12.9. The number of amides is 1. The molecule has 0 bridgehead atoms. The summed E-state index contributed by atoms with van der Waals surface area (Å²) in [6, 6.07) is 20.0. The normalized spacial score (nSPS) is 12.0. The van der Waals surface area contributed by atoms with Crippen LogP contribution in [0.25, 0.3) is 10.2 Å². The number of sulfonamides is 1. The van der Waals surface area contributed by atoms with Crippen molar-refractivity contribution in [1.82, 2.24) is 4.57 Å². The van der Waals surface area contributed by atoms with Crippen LogP contribution in [-0.2, 0) is 16.6 Å². The zero-order chi connectivity index (χ0) is 24.1. The molecule has 0 atom stereocenters. The van der Waals surface area contributed by atoms with Crippen molar-refractivity contribution in [2.24, 2.45) is 4.99 Å². The quantitative estimate of drug-likeness (QED) is 0.356. The second-order valence-corrected chi connectivity index (χ2v) is 9.95. The number of ether oxygens (including phenoxy) is 1. The van der Waals surface area contributed by atoms with Gasteiger partial charge in [0, 0.05) is 17.8 Å². The molecule has 0 aliphatic carbocycles. The summed E-state index contributed by atoms with van der Waals surface area (Å²) < 4.78 is 36.0. The number of hydrogen-bond donors (Lipinski definition) is 1. The van der Waals surface area contributed by atoms with E-state index in [0.29, 0.717) is 29.2 Å². The van der Waals surface area contributed by atoms with Crippen LogP contribution in [-0.4, -0.2) is 25.5 Å². The van der Waals surface area contributed by atoms with Crippen LogP contribution in [0, 0.1) is 0 Å². The third kappa shape index (κ3) is 5.11. The van der Waals surface area contributed by atoms with E-state index in [4.69, 9.17) is 4.74 Å². The van der Waals surface area contributed by atoms with Crippen molar-refractivity contribution in [3.05, 3.63) is 95.8 Å². The maximum Gasteiger partial charge on any atom is 0.279 e. The van der Waals surface area contributed by atoms with Gasteiger partial charge in [0.05, 0.1) is 21.7 Å². The lowest BCUT2D eigenvalue weighted by molar-refractivity contribution is 0.0998. The van der Waals surface area contributed by atoms with Crippen LogP contribution < -0.4 is 14.3 Å². The smallest absolute Gasteiger partial charge is 0.279 e. The molecule has 1 N–H and O–H groups in total. The Morgan fingerprint density at radius 1 is 1.12 bits per heavy atom. The third-order valence-corrected chi connectivity index (χ3v) is 7.35. The molecule has 174 valence electrons. The van der Waals surface area contributed by atoms with E-state index in [-0.39, 0.29) is 4.90 Å². The molecule has 1 amide bonds. The number of carbonyl (C=O) groups is 1. The molecule has 4 aromatic rings. The van der Waals surface area contributed by atoms with Crippen molar-refractivity contribution < 1.29 is 17.9 Å². The minimum atomic E-state index is -3.71. The van der Waals surface area contributed by atoms with E-state index < -0.39 is 15.9 Å². The molecule has 34 heavy (non-hydrogen) atoms. The number of fused-ring (bicyclic) bond motifs is 1. The highest BCUT2D eigenvalue weighted by molar-refractivity contribution is 7.92. The fourth-order valence-corrected chi connectivity index (χ4v) is 5.49. The van der Waals surface area contributed by atoms with Crippen LogP contribution in [0.5, 0.6) is 5.75 Å². The van der Waals surface area contributed by atoms with Gasteiger partial charge in [0.2, 0.25) is 0 Å². The second kappa shape index (κ2) is 10.1. The van der Waals surface area contributed by atoms with E-state index in [9.17, 15) is 13.2 Å². The highest BCUT2D eigenvalue weighted by Gasteiger charge is 2.14. The van der Waals surface area contributed by atoms with E-state index in [1.165, 1.54) is 23.5 Å². The van der Waals surface area contributed by atoms with Gasteiger partial charge in [0.1, 0.15) is 5.75 Å². The van der Waals surface area contributed by atoms with Crippen LogP contribution in [0.4, 0.5) is 5.69 Å². The first kappa shape index (κ1) is 23.5. The molecule has 0 aliphatic rings. The van der Waals surface area contributed by atoms with Crippen molar-refractivity contribution in [2.75, 3.05) is 11.3 Å². The summed E-state index contributed by atoms with van der Waals surface area (Å²) in [5, 5.41) is 0. The van der Waals surface area contributed by atoms with Crippen molar-refractivity contribution >= 4 is 43.2 Å². The lowest BCUT2D eigenvalue weighted by Gasteiger charge is -2.08. The molecule has 3 aromatic carbocycles. The van der Waals surface area contributed by atoms with Gasteiger partial charge in [-0.2, -0.15) is 4.99 Å². The Hall–Kier alpha value is -3.69. The molecule has 7 nitrogen and oxygen atoms in total. The standard InChI is InChI=1S/C25H23N3O4S2/c1-3-16-28-22-15-14-20(32-4-2)17-23(22)33-25(28)26-24(29)18-10-12-19(13-11-18)27-34(30,31)21-8-6-5-7-9-21/h3,5-15,17,27H,1,4,16H2,2H3. The Balaban J connectivity index is 1.61. The SMILES string of the molecule is C=CCn1c(=NC(=O)c2ccc(NS(=O)(=O)c3ccccc3)cc2)sc2cc(OCC)ccc21. The minimum absolute atomic E-state index is 0.161. The average molecular weight is 494 g/mol. The van der Waals surface area contributed by atoms with Crippen molar-refractivity contribution in [1.29, 1.82) is 0 Å². The summed E-state index contributed by atoms with van der Waals surface area (Å²) >= 11 is 1.39. The van der Waals surface area contributed by atoms with Gasteiger partial charge in [-0.1, -0.05) is 35.6 Å². The van der Waals surface area contributed by atoms with Crippen molar-refractivity contribution in [3.63, 3.8) is 0 Å². The summed E-state index contributed by atoms with van der Waals surface area (Å²) in [6.07, 6.45) is 1.75. The summed E-state index contributed by atoms with van der Waals surface area (Å²) in [5.41, 5.74) is 1.64. The average Bonchev–Trinajstić information content (AvgIpc) is 3.16. The largest absolute Gasteiger partial charge is 0.494 e. The van der Waals surface area contributed by atoms with Crippen molar-refractivity contribution in [2.45, 2.75) is 18.4 Å². The lowest BCUT2D eigenvalue weighted by Crippen LogP contribution is -2.16. The van der Waals surface area contributed by atoms with Gasteiger partial charge in [0.25, 0.3) is 15.9 Å². The molecule has 9 heteroatoms. The number of carbonyl (C=O) groups excluding carboxylic acids is 1. The first-order chi connectivity index (χ1) is 16.4. The Morgan fingerprint density at radius 2 is 1.85 bits per heavy atom. The molecule has 0 saturated heterocycles. The number of hydrogen-bond acceptors (Lipinski definition) is 5. The number of allylic oxidation sites excluding steroid dienone is 1. The fourth-order valence-electron chi connectivity index (χ4n) is 3.35. The molecular formula is C25H23N3O4S2. The zero-order valence-corrected chi connectivity index (χ0v) is 20.1. The maximum absolute atomic E-state index is 12.9. The molecule has 0 spiro atoms. The predicted molar refractivity (Wildman–Crippen MR) is 135 cm³/mol. The number of thiazole rings is 1. The molecule has 1 aromatic heterocycles. The molecule has 0 fully saturated rings. The Bertz CT molecular complexity index is 1500. The third-order valence-electron chi connectivity index (χ3n) is 4.91. The number of aromatic nitrogens is 1. The fraction of sp³-hybridized carbons (Fsp3) is 0.120. The minimum Gasteiger partial charge on any atom is -0.494 e. The zero-order valence-electron chi connectivity index (χ0n) is 18.5. The summed E-state index contributed by atoms with van der Waals surface area (Å²) in [4.78, 5) is 17.9. The topological polar surface area (TPSA) is 89.8 Å². The Morgan fingerprint density at radius 3 is 2.53 bits per heavy atom. The number of anilines is 1. The first-order valence-corrected chi connectivity index (χ1v) is 12.9. The summed E-state index contributed by atoms with van der Waals surface area (Å²) in [5.74, 6) is 0.334. The van der Waals surface area contributed by atoms with Gasteiger partial charge in [-0.3, -0.25) is 9.52 Å². The number of benzene rings is 3. The predicted octanol–water partition coefficient (Wildman–Crippen LogP) is 4.83. The van der Waals surface area contributed by atoms with E-state index >= 15 is 0 Å². The monoisotopic (exact) mass is 493 g/mol. The highest BCUT2D eigenvalue weighted by atomic mass is 32.2. The summed E-state index contributed by atoms with van der Waals surface area (Å²) in [6.45, 7) is 6.80. The lowest BCUT2D eigenvalue weighted by atomic mass is 10.2. The van der Waals surface area contributed by atoms with Crippen LogP contribution in [0.2, 0.25) is 0 Å². The van der Waals surface area contributed by atoms with Crippen LogP contribution >= 0.6 is 11.3 Å². The van der Waals surface area contributed by atoms with Gasteiger partial charge in [-0.05, 0) is 61.5 Å². The van der Waals surface area contributed by atoms with Gasteiger partial charge in [-0.25, -0.2) is 8.42 Å². The van der Waals surface area contributed by atoms with Gasteiger partial charge in [-0.15, -0.1) is 6.58 Å². The van der Waals surface area contributed by atoms with E-state index in [0.717, 1.165) is 16.0 Å². The van der Waals surface area contributed by atoms with Gasteiger partial charge in [0.15, 0.2) is 4.80 Å². The molecular weight excluding hydrogens is 470 g/mol. The number of rotatable bonds is 8. The molecule has 0 radical (unpaired) electrons. The molecule has 0 unspecified atom stereocenters. The van der Waals surface area contributed by atoms with Gasteiger partial charge >= 0.3 is 0 Å². The van der Waals surface area contributed by atoms with E-state index in [1.54, 1.807) is 48.5 Å². The van der Waals surface area contributed by atoms with E-state index in [1.807, 2.05) is 29.7 Å². The number of nitrogens with one attached hydrogen (secondary N) is 1. The first-order valence-electron chi connectivity index (χ1n) is 10.6. The Labute approximate surface area is 201 Å². The highest BCUT2D eigenvalue weighted by Crippen LogP contribution is 2.24. The molecule has 0 aliphatic heterocycles. The van der Waals surface area contributed by atoms with Crippen molar-refractivity contribution in [3.8, 4) is 5.75 Å². The Kier molecular flexibility index (Phi) is 6.95. The second-order valence-electron chi connectivity index (χ2n) is 7.26. The molecule has 0 saturated carbocycles. The number of nitrogens with zero attached hydrogens (tertiary/aromatic N) is 2. The summed E-state index contributed by atoms with van der Waals surface area (Å²) in [7, 11) is -3.71. The molecule has 4 rings (SSSR count). The van der Waals surface area contributed by atoms with E-state index in [2.05, 4.69) is 16.3 Å².